The number of hydrogen-bond acceptors (Lipinski definition) is 3. The maximum Gasteiger partial charge on any atom is 0.310 e. The molecular formula is C25H49NO4. The summed E-state index contributed by atoms with van der Waals surface area (Å²) in [6, 6.07) is 0.0598. The minimum atomic E-state index is -1.43. The third kappa shape index (κ3) is 10.8. The Morgan fingerprint density at radius 1 is 0.833 bits per heavy atom. The monoisotopic (exact) mass is 427 g/mol. The molecule has 178 valence electrons. The summed E-state index contributed by atoms with van der Waals surface area (Å²) in [6.45, 7) is 5.78. The maximum atomic E-state index is 11.7. The van der Waals surface area contributed by atoms with Gasteiger partial charge >= 0.3 is 5.97 Å². The summed E-state index contributed by atoms with van der Waals surface area (Å²) in [5.41, 5.74) is -1.43. The average Bonchev–Trinajstić information content (AvgIpc) is 2.67. The number of carboxylic acid groups (broad SMARTS) is 2. The van der Waals surface area contributed by atoms with Gasteiger partial charge in [0.1, 0.15) is 17.9 Å². The van der Waals surface area contributed by atoms with Crippen LogP contribution in [-0.2, 0) is 9.59 Å². The first-order valence-electron chi connectivity index (χ1n) is 12.4. The van der Waals surface area contributed by atoms with E-state index >= 15 is 0 Å². The largest absolute Gasteiger partial charge is 0.544 e. The molecule has 0 bridgehead atoms. The topological polar surface area (TPSA) is 77.4 Å². The van der Waals surface area contributed by atoms with E-state index in [2.05, 4.69) is 6.92 Å². The van der Waals surface area contributed by atoms with Crippen molar-refractivity contribution < 1.29 is 24.3 Å². The van der Waals surface area contributed by atoms with Gasteiger partial charge in [0.25, 0.3) is 0 Å². The molecule has 0 aromatic carbocycles. The van der Waals surface area contributed by atoms with Crippen LogP contribution in [0.25, 0.3) is 0 Å². The molecule has 0 aromatic rings. The van der Waals surface area contributed by atoms with Gasteiger partial charge in [-0.3, -0.25) is 4.79 Å². The SMILES string of the molecule is CCCCCCCCCCCCCCCCC(C)[N+](C)(C)C(C)(CC(=O)O)C(=O)[O-]. The molecule has 0 aliphatic carbocycles. The molecule has 0 fully saturated rings. The minimum Gasteiger partial charge on any atom is -0.544 e. The molecule has 2 unspecified atom stereocenters. The Morgan fingerprint density at radius 3 is 1.53 bits per heavy atom. The molecule has 0 heterocycles. The number of hydrogen-bond donors (Lipinski definition) is 1. The first kappa shape index (κ1) is 28.9. The molecule has 0 spiro atoms. The third-order valence-electron chi connectivity index (χ3n) is 7.28. The average molecular weight is 428 g/mol. The van der Waals surface area contributed by atoms with E-state index in [9.17, 15) is 14.7 Å². The summed E-state index contributed by atoms with van der Waals surface area (Å²) in [5, 5.41) is 20.9. The molecule has 5 heteroatoms. The second kappa shape index (κ2) is 15.7. The van der Waals surface area contributed by atoms with E-state index in [1.54, 1.807) is 0 Å². The number of carbonyl (C=O) groups is 2. The normalized spacial score (nSPS) is 15.0. The predicted molar refractivity (Wildman–Crippen MR) is 122 cm³/mol. The van der Waals surface area contributed by atoms with Crippen LogP contribution in [-0.4, -0.2) is 47.2 Å². The molecule has 0 aliphatic rings. The third-order valence-corrected chi connectivity index (χ3v) is 7.28. The van der Waals surface area contributed by atoms with Crippen molar-refractivity contribution in [3.05, 3.63) is 0 Å². The molecular weight excluding hydrogens is 378 g/mol. The number of likely N-dealkylation sites (N-methyl/N-ethyl adjacent to an activating group) is 1. The summed E-state index contributed by atoms with van der Waals surface area (Å²) in [5.74, 6) is -2.39. The van der Waals surface area contributed by atoms with Crippen molar-refractivity contribution in [3.63, 3.8) is 0 Å². The Kier molecular flexibility index (Phi) is 15.1. The summed E-state index contributed by atoms with van der Waals surface area (Å²) >= 11 is 0. The summed E-state index contributed by atoms with van der Waals surface area (Å²) in [7, 11) is 3.63. The summed E-state index contributed by atoms with van der Waals surface area (Å²) in [4.78, 5) is 22.9. The zero-order valence-electron chi connectivity index (χ0n) is 20.5. The second-order valence-corrected chi connectivity index (χ2v) is 9.91. The van der Waals surface area contributed by atoms with Crippen LogP contribution in [0.4, 0.5) is 0 Å². The molecule has 0 saturated carbocycles. The number of nitrogens with zero attached hydrogens (tertiary/aromatic N) is 1. The van der Waals surface area contributed by atoms with Gasteiger partial charge in [0.15, 0.2) is 0 Å². The van der Waals surface area contributed by atoms with Crippen LogP contribution in [0.15, 0.2) is 0 Å². The lowest BCUT2D eigenvalue weighted by atomic mass is 9.90. The van der Waals surface area contributed by atoms with E-state index in [1.165, 1.54) is 84.0 Å². The highest BCUT2D eigenvalue weighted by Crippen LogP contribution is 2.30. The number of carbonyl (C=O) groups excluding carboxylic acids is 1. The fourth-order valence-corrected chi connectivity index (χ4v) is 4.25. The van der Waals surface area contributed by atoms with Crippen molar-refractivity contribution in [1.82, 2.24) is 0 Å². The van der Waals surface area contributed by atoms with Gasteiger partial charge in [-0.15, -0.1) is 0 Å². The molecule has 2 atom stereocenters. The van der Waals surface area contributed by atoms with Gasteiger partial charge in [-0.2, -0.15) is 0 Å². The maximum absolute atomic E-state index is 11.7. The van der Waals surface area contributed by atoms with Crippen LogP contribution < -0.4 is 5.11 Å². The Bertz CT molecular complexity index is 478. The van der Waals surface area contributed by atoms with Crippen molar-refractivity contribution in [2.24, 2.45) is 0 Å². The molecule has 0 amide bonds. The quantitative estimate of drug-likeness (QED) is 0.211. The van der Waals surface area contributed by atoms with Gasteiger partial charge in [0.2, 0.25) is 0 Å². The van der Waals surface area contributed by atoms with Crippen LogP contribution in [0, 0.1) is 0 Å². The zero-order valence-corrected chi connectivity index (χ0v) is 20.5. The number of aliphatic carboxylic acids is 2. The number of carboxylic acids is 2. The van der Waals surface area contributed by atoms with E-state index in [0.29, 0.717) is 0 Å². The fraction of sp³-hybridized carbons (Fsp3) is 0.920. The van der Waals surface area contributed by atoms with Gasteiger partial charge < -0.3 is 19.5 Å². The predicted octanol–water partition coefficient (Wildman–Crippen LogP) is 5.31. The molecule has 30 heavy (non-hydrogen) atoms. The van der Waals surface area contributed by atoms with Gasteiger partial charge in [0, 0.05) is 0 Å². The fourth-order valence-electron chi connectivity index (χ4n) is 4.25. The Labute approximate surface area is 185 Å². The van der Waals surface area contributed by atoms with Gasteiger partial charge in [0.05, 0.1) is 20.1 Å². The number of unbranched alkanes of at least 4 members (excludes halogenated alkanes) is 13. The van der Waals surface area contributed by atoms with E-state index in [0.717, 1.165) is 19.3 Å². The molecule has 0 aromatic heterocycles. The van der Waals surface area contributed by atoms with Crippen LogP contribution >= 0.6 is 0 Å². The highest BCUT2D eigenvalue weighted by molar-refractivity contribution is 5.82. The summed E-state index contributed by atoms with van der Waals surface area (Å²) in [6.07, 6.45) is 18.9. The van der Waals surface area contributed by atoms with E-state index in [-0.39, 0.29) is 10.5 Å². The Balaban J connectivity index is 3.92. The van der Waals surface area contributed by atoms with E-state index in [1.807, 2.05) is 21.0 Å². The van der Waals surface area contributed by atoms with Crippen molar-refractivity contribution in [2.45, 2.75) is 135 Å². The Morgan fingerprint density at radius 2 is 1.20 bits per heavy atom. The molecule has 0 rings (SSSR count). The lowest BCUT2D eigenvalue weighted by Crippen LogP contribution is -2.69. The first-order chi connectivity index (χ1) is 14.1. The Hall–Kier alpha value is -1.10. The standard InChI is InChI=1S/C25H49NO4/c1-6-7-8-9-10-11-12-13-14-15-16-17-18-19-20-22(2)26(4,5)25(3,24(29)30)21-23(27)28/h22H,6-21H2,1-5H3,(H-,27,28,29,30). The van der Waals surface area contributed by atoms with E-state index < -0.39 is 23.9 Å². The highest BCUT2D eigenvalue weighted by Gasteiger charge is 2.47. The molecule has 1 N–H and O–H groups in total. The lowest BCUT2D eigenvalue weighted by Gasteiger charge is -2.50. The molecule has 0 aliphatic heterocycles. The zero-order chi connectivity index (χ0) is 23.0. The van der Waals surface area contributed by atoms with Crippen molar-refractivity contribution in [1.29, 1.82) is 0 Å². The van der Waals surface area contributed by atoms with Crippen molar-refractivity contribution in [3.8, 4) is 0 Å². The number of quaternary nitrogens is 1. The van der Waals surface area contributed by atoms with Crippen LogP contribution in [0.1, 0.15) is 124 Å². The van der Waals surface area contributed by atoms with Crippen LogP contribution in [0.2, 0.25) is 0 Å². The van der Waals surface area contributed by atoms with Crippen molar-refractivity contribution in [2.75, 3.05) is 14.1 Å². The lowest BCUT2D eigenvalue weighted by molar-refractivity contribution is -0.953. The summed E-state index contributed by atoms with van der Waals surface area (Å²) < 4.78 is 0.125. The second-order valence-electron chi connectivity index (χ2n) is 9.91. The first-order valence-corrected chi connectivity index (χ1v) is 12.4. The highest BCUT2D eigenvalue weighted by atomic mass is 16.4. The van der Waals surface area contributed by atoms with Crippen molar-refractivity contribution >= 4 is 11.9 Å². The minimum absolute atomic E-state index is 0.0598. The van der Waals surface area contributed by atoms with Gasteiger partial charge in [-0.1, -0.05) is 90.4 Å². The van der Waals surface area contributed by atoms with Gasteiger partial charge in [-0.25, -0.2) is 0 Å². The van der Waals surface area contributed by atoms with Crippen LogP contribution in [0.3, 0.4) is 0 Å². The smallest absolute Gasteiger partial charge is 0.310 e. The molecule has 0 radical (unpaired) electrons. The molecule has 5 nitrogen and oxygen atoms in total. The van der Waals surface area contributed by atoms with Gasteiger partial charge in [-0.05, 0) is 26.7 Å². The van der Waals surface area contributed by atoms with E-state index in [4.69, 9.17) is 5.11 Å². The number of rotatable bonds is 20. The molecule has 0 saturated heterocycles. The van der Waals surface area contributed by atoms with Crippen LogP contribution in [0.5, 0.6) is 0 Å².